The second-order valence-electron chi connectivity index (χ2n) is 5.61. The summed E-state index contributed by atoms with van der Waals surface area (Å²) < 4.78 is 5.69. The highest BCUT2D eigenvalue weighted by Crippen LogP contribution is 2.28. The number of halogens is 2. The fourth-order valence-corrected chi connectivity index (χ4v) is 2.83. The molecular formula is C17H29Cl2N3O2. The summed E-state index contributed by atoms with van der Waals surface area (Å²) in [6.45, 7) is 7.76. The molecule has 2 rings (SSSR count). The minimum atomic E-state index is -0.354. The lowest BCUT2D eigenvalue weighted by molar-refractivity contribution is -0.133. The molecule has 1 aliphatic heterocycles. The van der Waals surface area contributed by atoms with E-state index in [9.17, 15) is 4.79 Å². The van der Waals surface area contributed by atoms with Crippen molar-refractivity contribution >= 4 is 36.4 Å². The molecule has 1 saturated heterocycles. The first-order chi connectivity index (χ1) is 10.7. The lowest BCUT2D eigenvalue weighted by Crippen LogP contribution is -2.53. The number of rotatable bonds is 6. The molecule has 0 aliphatic carbocycles. The molecule has 1 unspecified atom stereocenters. The SMILES string of the molecule is CCCC(N)C(=O)N1CCN(c2ccccc2OCC)CC1.Cl.Cl. The minimum absolute atomic E-state index is 0. The van der Waals surface area contributed by atoms with Crippen molar-refractivity contribution in [2.75, 3.05) is 37.7 Å². The van der Waals surface area contributed by atoms with Crippen LogP contribution in [-0.2, 0) is 4.79 Å². The maximum Gasteiger partial charge on any atom is 0.239 e. The summed E-state index contributed by atoms with van der Waals surface area (Å²) in [4.78, 5) is 16.4. The molecule has 1 atom stereocenters. The van der Waals surface area contributed by atoms with Crippen molar-refractivity contribution in [3.05, 3.63) is 24.3 Å². The molecule has 5 nitrogen and oxygen atoms in total. The summed E-state index contributed by atoms with van der Waals surface area (Å²) in [6, 6.07) is 7.72. The lowest BCUT2D eigenvalue weighted by Gasteiger charge is -2.37. The number of ether oxygens (including phenoxy) is 1. The third-order valence-electron chi connectivity index (χ3n) is 4.01. The van der Waals surface area contributed by atoms with Gasteiger partial charge in [-0.25, -0.2) is 0 Å². The van der Waals surface area contributed by atoms with Crippen LogP contribution in [0.25, 0.3) is 0 Å². The standard InChI is InChI=1S/C17H27N3O2.2ClH/c1-3-7-14(18)17(21)20-12-10-19(11-13-20)15-8-5-6-9-16(15)22-4-2;;/h5-6,8-9,14H,3-4,7,10-13,18H2,1-2H3;2*1H. The maximum atomic E-state index is 12.3. The third kappa shape index (κ3) is 5.72. The number of piperazine rings is 1. The quantitative estimate of drug-likeness (QED) is 0.827. The van der Waals surface area contributed by atoms with Gasteiger partial charge in [-0.15, -0.1) is 24.8 Å². The summed E-state index contributed by atoms with van der Waals surface area (Å²) in [5.74, 6) is 0.993. The molecule has 1 aliphatic rings. The largest absolute Gasteiger partial charge is 0.492 e. The van der Waals surface area contributed by atoms with Crippen LogP contribution < -0.4 is 15.4 Å². The average molecular weight is 378 g/mol. The minimum Gasteiger partial charge on any atom is -0.492 e. The van der Waals surface area contributed by atoms with Crippen LogP contribution >= 0.6 is 24.8 Å². The molecule has 1 amide bonds. The first kappa shape index (κ1) is 22.8. The highest BCUT2D eigenvalue weighted by atomic mass is 35.5. The Morgan fingerprint density at radius 3 is 2.38 bits per heavy atom. The molecule has 1 aromatic rings. The summed E-state index contributed by atoms with van der Waals surface area (Å²) in [6.07, 6.45) is 1.70. The van der Waals surface area contributed by atoms with Crippen LogP contribution in [0, 0.1) is 0 Å². The van der Waals surface area contributed by atoms with Gasteiger partial charge >= 0.3 is 0 Å². The van der Waals surface area contributed by atoms with E-state index in [1.807, 2.05) is 30.0 Å². The highest BCUT2D eigenvalue weighted by molar-refractivity contribution is 5.85. The van der Waals surface area contributed by atoms with Gasteiger partial charge in [0.1, 0.15) is 5.75 Å². The van der Waals surface area contributed by atoms with Crippen LogP contribution in [0.1, 0.15) is 26.7 Å². The third-order valence-corrected chi connectivity index (χ3v) is 4.01. The number of carbonyl (C=O) groups is 1. The number of benzene rings is 1. The van der Waals surface area contributed by atoms with Gasteiger partial charge in [0.25, 0.3) is 0 Å². The van der Waals surface area contributed by atoms with Crippen LogP contribution in [0.2, 0.25) is 0 Å². The molecule has 7 heteroatoms. The molecule has 0 saturated carbocycles. The van der Waals surface area contributed by atoms with Crippen molar-refractivity contribution in [3.8, 4) is 5.75 Å². The number of hydrogen-bond donors (Lipinski definition) is 1. The molecule has 24 heavy (non-hydrogen) atoms. The molecule has 0 aromatic heterocycles. The average Bonchev–Trinajstić information content (AvgIpc) is 2.55. The number of carbonyl (C=O) groups excluding carboxylic acids is 1. The van der Waals surface area contributed by atoms with E-state index in [1.165, 1.54) is 0 Å². The van der Waals surface area contributed by atoms with Gasteiger partial charge in [-0.3, -0.25) is 4.79 Å². The predicted molar refractivity (Wildman–Crippen MR) is 104 cm³/mol. The molecule has 0 bridgehead atoms. The van der Waals surface area contributed by atoms with Crippen LogP contribution in [0.15, 0.2) is 24.3 Å². The lowest BCUT2D eigenvalue weighted by atomic mass is 10.1. The Balaban J connectivity index is 0.00000264. The van der Waals surface area contributed by atoms with E-state index in [2.05, 4.69) is 17.9 Å². The number of para-hydroxylation sites is 2. The van der Waals surface area contributed by atoms with E-state index in [1.54, 1.807) is 0 Å². The van der Waals surface area contributed by atoms with Crippen molar-refractivity contribution < 1.29 is 9.53 Å². The van der Waals surface area contributed by atoms with Gasteiger partial charge in [0, 0.05) is 26.2 Å². The van der Waals surface area contributed by atoms with Crippen LogP contribution in [0.4, 0.5) is 5.69 Å². The van der Waals surface area contributed by atoms with Gasteiger partial charge in [0.15, 0.2) is 0 Å². The Morgan fingerprint density at radius 1 is 1.17 bits per heavy atom. The fraction of sp³-hybridized carbons (Fsp3) is 0.588. The molecule has 0 radical (unpaired) electrons. The fourth-order valence-electron chi connectivity index (χ4n) is 2.83. The first-order valence-electron chi connectivity index (χ1n) is 8.18. The van der Waals surface area contributed by atoms with Crippen LogP contribution in [0.5, 0.6) is 5.75 Å². The molecule has 1 aromatic carbocycles. The summed E-state index contributed by atoms with van der Waals surface area (Å²) in [5, 5.41) is 0. The molecule has 1 fully saturated rings. The highest BCUT2D eigenvalue weighted by Gasteiger charge is 2.25. The normalized spacial score (nSPS) is 15.1. The van der Waals surface area contributed by atoms with E-state index in [0.717, 1.165) is 50.5 Å². The van der Waals surface area contributed by atoms with Gasteiger partial charge < -0.3 is 20.3 Å². The molecule has 138 valence electrons. The second-order valence-corrected chi connectivity index (χ2v) is 5.61. The zero-order chi connectivity index (χ0) is 15.9. The van der Waals surface area contributed by atoms with Gasteiger partial charge in [0.2, 0.25) is 5.91 Å². The Morgan fingerprint density at radius 2 is 1.79 bits per heavy atom. The number of nitrogens with zero attached hydrogens (tertiary/aromatic N) is 2. The van der Waals surface area contributed by atoms with Crippen LogP contribution in [0.3, 0.4) is 0 Å². The number of nitrogens with two attached hydrogens (primary N) is 1. The zero-order valence-electron chi connectivity index (χ0n) is 14.4. The summed E-state index contributed by atoms with van der Waals surface area (Å²) in [7, 11) is 0. The zero-order valence-corrected chi connectivity index (χ0v) is 16.1. The van der Waals surface area contributed by atoms with Gasteiger partial charge in [-0.05, 0) is 25.5 Å². The van der Waals surface area contributed by atoms with Crippen molar-refractivity contribution in [2.45, 2.75) is 32.7 Å². The number of anilines is 1. The van der Waals surface area contributed by atoms with E-state index in [-0.39, 0.29) is 36.8 Å². The Hall–Kier alpha value is -1.17. The van der Waals surface area contributed by atoms with Crippen molar-refractivity contribution in [2.24, 2.45) is 5.73 Å². The van der Waals surface area contributed by atoms with Gasteiger partial charge in [-0.2, -0.15) is 0 Å². The van der Waals surface area contributed by atoms with Gasteiger partial charge in [0.05, 0.1) is 18.3 Å². The van der Waals surface area contributed by atoms with Gasteiger partial charge in [-0.1, -0.05) is 25.5 Å². The van der Waals surface area contributed by atoms with E-state index < -0.39 is 0 Å². The summed E-state index contributed by atoms with van der Waals surface area (Å²) >= 11 is 0. The molecular weight excluding hydrogens is 349 g/mol. The van der Waals surface area contributed by atoms with Crippen molar-refractivity contribution in [1.29, 1.82) is 0 Å². The predicted octanol–water partition coefficient (Wildman–Crippen LogP) is 2.70. The van der Waals surface area contributed by atoms with E-state index in [4.69, 9.17) is 10.5 Å². The Labute approximate surface area is 157 Å². The Bertz CT molecular complexity index is 494. The first-order valence-corrected chi connectivity index (χ1v) is 8.18. The topological polar surface area (TPSA) is 58.8 Å². The monoisotopic (exact) mass is 377 g/mol. The smallest absolute Gasteiger partial charge is 0.239 e. The van der Waals surface area contributed by atoms with E-state index in [0.29, 0.717) is 6.61 Å². The van der Waals surface area contributed by atoms with E-state index >= 15 is 0 Å². The Kier molecular flexibility index (Phi) is 10.8. The van der Waals surface area contributed by atoms with Crippen molar-refractivity contribution in [1.82, 2.24) is 4.90 Å². The molecule has 0 spiro atoms. The molecule has 1 heterocycles. The summed E-state index contributed by atoms with van der Waals surface area (Å²) in [5.41, 5.74) is 7.05. The number of hydrogen-bond acceptors (Lipinski definition) is 4. The van der Waals surface area contributed by atoms with Crippen molar-refractivity contribution in [3.63, 3.8) is 0 Å². The van der Waals surface area contributed by atoms with Crippen LogP contribution in [-0.4, -0.2) is 49.6 Å². The maximum absolute atomic E-state index is 12.3. The molecule has 2 N–H and O–H groups in total. The second kappa shape index (κ2) is 11.4. The number of amides is 1.